The van der Waals surface area contributed by atoms with Crippen molar-refractivity contribution in [3.63, 3.8) is 0 Å². The van der Waals surface area contributed by atoms with Crippen molar-refractivity contribution in [3.8, 4) is 23.8 Å². The average Bonchev–Trinajstić information content (AvgIpc) is 2.93. The Morgan fingerprint density at radius 1 is 1.39 bits per heavy atom. The second-order valence-corrected chi connectivity index (χ2v) is 8.80. The molecule has 8 heteroatoms. The van der Waals surface area contributed by atoms with Crippen LogP contribution in [0.25, 0.3) is 6.08 Å². The molecule has 1 aliphatic rings. The molecule has 142 valence electrons. The van der Waals surface area contributed by atoms with Crippen molar-refractivity contribution < 1.29 is 14.3 Å². The molecular formula is C20H13ClINO3S2. The number of ether oxygens (including phenoxy) is 2. The van der Waals surface area contributed by atoms with Gasteiger partial charge in [0.25, 0.3) is 5.91 Å². The number of anilines is 1. The first-order valence-electron chi connectivity index (χ1n) is 7.92. The highest BCUT2D eigenvalue weighted by atomic mass is 127. The number of methoxy groups -OCH3 is 1. The zero-order valence-electron chi connectivity index (χ0n) is 14.6. The van der Waals surface area contributed by atoms with Crippen molar-refractivity contribution in [2.24, 2.45) is 0 Å². The molecule has 0 spiro atoms. The predicted octanol–water partition coefficient (Wildman–Crippen LogP) is 5.37. The largest absolute Gasteiger partial charge is 0.493 e. The van der Waals surface area contributed by atoms with E-state index >= 15 is 0 Å². The maximum atomic E-state index is 12.9. The second-order valence-electron chi connectivity index (χ2n) is 5.52. The fourth-order valence-electron chi connectivity index (χ4n) is 2.53. The summed E-state index contributed by atoms with van der Waals surface area (Å²) in [5, 5.41) is 0.539. The van der Waals surface area contributed by atoms with Crippen molar-refractivity contribution in [2.45, 2.75) is 0 Å². The van der Waals surface area contributed by atoms with Crippen LogP contribution in [-0.2, 0) is 4.79 Å². The molecule has 1 amide bonds. The van der Waals surface area contributed by atoms with Crippen LogP contribution in [0.2, 0.25) is 5.02 Å². The maximum Gasteiger partial charge on any atom is 0.270 e. The summed E-state index contributed by atoms with van der Waals surface area (Å²) >= 11 is 14.8. The molecule has 0 bridgehead atoms. The number of carbonyl (C=O) groups is 1. The van der Waals surface area contributed by atoms with Crippen LogP contribution in [-0.4, -0.2) is 23.9 Å². The number of terminal acetylenes is 1. The summed E-state index contributed by atoms with van der Waals surface area (Å²) in [5.41, 5.74) is 1.43. The molecule has 0 unspecified atom stereocenters. The zero-order valence-corrected chi connectivity index (χ0v) is 19.1. The molecule has 0 N–H and O–H groups in total. The molecule has 0 radical (unpaired) electrons. The van der Waals surface area contributed by atoms with E-state index in [0.717, 1.165) is 9.13 Å². The molecule has 1 saturated heterocycles. The Morgan fingerprint density at radius 2 is 2.18 bits per heavy atom. The van der Waals surface area contributed by atoms with Crippen LogP contribution in [0.1, 0.15) is 5.56 Å². The summed E-state index contributed by atoms with van der Waals surface area (Å²) in [7, 11) is 1.55. The van der Waals surface area contributed by atoms with E-state index in [1.807, 2.05) is 6.07 Å². The fourth-order valence-corrected chi connectivity index (χ4v) is 4.80. The predicted molar refractivity (Wildman–Crippen MR) is 127 cm³/mol. The van der Waals surface area contributed by atoms with Gasteiger partial charge in [-0.15, -0.1) is 6.42 Å². The van der Waals surface area contributed by atoms with Crippen LogP contribution < -0.4 is 14.4 Å². The normalized spacial score (nSPS) is 15.1. The van der Waals surface area contributed by atoms with E-state index in [1.165, 1.54) is 16.7 Å². The first-order valence-corrected chi connectivity index (χ1v) is 10.6. The number of amides is 1. The van der Waals surface area contributed by atoms with E-state index in [4.69, 9.17) is 39.7 Å². The molecule has 1 aliphatic heterocycles. The van der Waals surface area contributed by atoms with Crippen molar-refractivity contribution in [2.75, 3.05) is 18.6 Å². The van der Waals surface area contributed by atoms with Gasteiger partial charge in [0.1, 0.15) is 6.61 Å². The van der Waals surface area contributed by atoms with Gasteiger partial charge < -0.3 is 9.47 Å². The highest BCUT2D eigenvalue weighted by Gasteiger charge is 2.33. The topological polar surface area (TPSA) is 38.8 Å². The van der Waals surface area contributed by atoms with Gasteiger partial charge in [0.15, 0.2) is 15.8 Å². The summed E-state index contributed by atoms with van der Waals surface area (Å²) in [6.07, 6.45) is 7.04. The third-order valence-corrected chi connectivity index (χ3v) is 6.05. The molecular weight excluding hydrogens is 529 g/mol. The molecule has 0 atom stereocenters. The van der Waals surface area contributed by atoms with Crippen molar-refractivity contribution in [1.29, 1.82) is 0 Å². The first-order chi connectivity index (χ1) is 13.4. The standard InChI is InChI=1S/C20H13ClINO3S2/c1-3-7-26-18-15(22)8-12(9-16(18)25-2)10-17-19(24)23(20(27)28-17)14-6-4-5-13(21)11-14/h1,4-6,8-11H,7H2,2H3/b17-10-. The number of halogens is 2. The molecule has 28 heavy (non-hydrogen) atoms. The average molecular weight is 542 g/mol. The van der Waals surface area contributed by atoms with E-state index in [2.05, 4.69) is 28.5 Å². The van der Waals surface area contributed by atoms with Gasteiger partial charge in [-0.05, 0) is 64.6 Å². The molecule has 0 aromatic heterocycles. The van der Waals surface area contributed by atoms with Crippen LogP contribution in [0, 0.1) is 15.9 Å². The van der Waals surface area contributed by atoms with Gasteiger partial charge in [-0.3, -0.25) is 9.69 Å². The minimum atomic E-state index is -0.195. The number of nitrogens with zero attached hydrogens (tertiary/aromatic N) is 1. The van der Waals surface area contributed by atoms with Gasteiger partial charge in [0.05, 0.1) is 21.3 Å². The van der Waals surface area contributed by atoms with E-state index in [-0.39, 0.29) is 12.5 Å². The number of rotatable bonds is 5. The molecule has 0 aliphatic carbocycles. The minimum Gasteiger partial charge on any atom is -0.493 e. The Morgan fingerprint density at radius 3 is 2.86 bits per heavy atom. The minimum absolute atomic E-state index is 0.143. The summed E-state index contributed by atoms with van der Waals surface area (Å²) in [5.74, 6) is 3.35. The number of thiocarbonyl (C=S) groups is 1. The van der Waals surface area contributed by atoms with Gasteiger partial charge in [-0.25, -0.2) is 0 Å². The molecule has 4 nitrogen and oxygen atoms in total. The third kappa shape index (κ3) is 4.46. The quantitative estimate of drug-likeness (QED) is 0.220. The Kier molecular flexibility index (Phi) is 6.88. The molecule has 2 aromatic rings. The van der Waals surface area contributed by atoms with Gasteiger partial charge in [-0.2, -0.15) is 0 Å². The second kappa shape index (κ2) is 9.18. The molecule has 1 heterocycles. The summed E-state index contributed by atoms with van der Waals surface area (Å²) in [6, 6.07) is 10.7. The lowest BCUT2D eigenvalue weighted by molar-refractivity contribution is -0.113. The Bertz CT molecular complexity index is 1030. The van der Waals surface area contributed by atoms with Crippen LogP contribution in [0.3, 0.4) is 0 Å². The summed E-state index contributed by atoms with van der Waals surface area (Å²) in [4.78, 5) is 14.9. The Hall–Kier alpha value is -1.73. The van der Waals surface area contributed by atoms with Crippen LogP contribution in [0.5, 0.6) is 11.5 Å². The lowest BCUT2D eigenvalue weighted by atomic mass is 10.1. The highest BCUT2D eigenvalue weighted by molar-refractivity contribution is 14.1. The van der Waals surface area contributed by atoms with Crippen molar-refractivity contribution in [3.05, 3.63) is 55.5 Å². The lowest BCUT2D eigenvalue weighted by Gasteiger charge is -2.14. The highest BCUT2D eigenvalue weighted by Crippen LogP contribution is 2.39. The molecule has 1 fully saturated rings. The van der Waals surface area contributed by atoms with E-state index in [0.29, 0.717) is 31.4 Å². The van der Waals surface area contributed by atoms with Crippen LogP contribution in [0.4, 0.5) is 5.69 Å². The molecule has 2 aromatic carbocycles. The Labute approximate surface area is 191 Å². The number of hydrogen-bond donors (Lipinski definition) is 0. The third-order valence-electron chi connectivity index (χ3n) is 3.71. The first kappa shape index (κ1) is 21.0. The van der Waals surface area contributed by atoms with Gasteiger partial charge in [0, 0.05) is 5.02 Å². The summed E-state index contributed by atoms with van der Waals surface area (Å²) in [6.45, 7) is 0.143. The number of carbonyl (C=O) groups excluding carboxylic acids is 1. The van der Waals surface area contributed by atoms with Gasteiger partial charge >= 0.3 is 0 Å². The number of hydrogen-bond acceptors (Lipinski definition) is 5. The zero-order chi connectivity index (χ0) is 20.3. The fraction of sp³-hybridized carbons (Fsp3) is 0.100. The van der Waals surface area contributed by atoms with E-state index in [1.54, 1.807) is 43.5 Å². The number of benzene rings is 2. The molecule has 0 saturated carbocycles. The summed E-state index contributed by atoms with van der Waals surface area (Å²) < 4.78 is 12.2. The van der Waals surface area contributed by atoms with Gasteiger partial charge in [-0.1, -0.05) is 47.6 Å². The SMILES string of the molecule is C#CCOc1c(I)cc(/C=C2\SC(=S)N(c3cccc(Cl)c3)C2=O)cc1OC. The monoisotopic (exact) mass is 541 g/mol. The van der Waals surface area contributed by atoms with Gasteiger partial charge in [0.2, 0.25) is 0 Å². The van der Waals surface area contributed by atoms with E-state index < -0.39 is 0 Å². The number of thioether (sulfide) groups is 1. The van der Waals surface area contributed by atoms with Crippen molar-refractivity contribution >= 4 is 80.2 Å². The van der Waals surface area contributed by atoms with Crippen LogP contribution in [0.15, 0.2) is 41.3 Å². The van der Waals surface area contributed by atoms with Crippen molar-refractivity contribution in [1.82, 2.24) is 0 Å². The molecule has 3 rings (SSSR count). The van der Waals surface area contributed by atoms with E-state index in [9.17, 15) is 4.79 Å². The lowest BCUT2D eigenvalue weighted by Crippen LogP contribution is -2.27. The Balaban J connectivity index is 1.94. The van der Waals surface area contributed by atoms with Crippen LogP contribution >= 0.6 is 58.2 Å². The smallest absolute Gasteiger partial charge is 0.270 e. The maximum absolute atomic E-state index is 12.9.